The third-order valence-corrected chi connectivity index (χ3v) is 4.96. The lowest BCUT2D eigenvalue weighted by molar-refractivity contribution is 0.464. The maximum absolute atomic E-state index is 12.4. The average Bonchev–Trinajstić information content (AvgIpc) is 2.50. The van der Waals surface area contributed by atoms with Crippen LogP contribution < -0.4 is 5.56 Å². The molecule has 0 aliphatic carbocycles. The van der Waals surface area contributed by atoms with Gasteiger partial charge in [0.15, 0.2) is 0 Å². The van der Waals surface area contributed by atoms with Gasteiger partial charge in [0.05, 0.1) is 5.52 Å². The van der Waals surface area contributed by atoms with E-state index in [9.17, 15) is 9.90 Å². The molecule has 1 N–H and O–H groups in total. The van der Waals surface area contributed by atoms with Crippen LogP contribution in [0.3, 0.4) is 0 Å². The van der Waals surface area contributed by atoms with Crippen LogP contribution in [0.25, 0.3) is 10.9 Å². The quantitative estimate of drug-likeness (QED) is 0.695. The van der Waals surface area contributed by atoms with Gasteiger partial charge in [0.2, 0.25) is 0 Å². The molecule has 0 saturated heterocycles. The second-order valence-corrected chi connectivity index (χ2v) is 6.24. The third kappa shape index (κ3) is 2.91. The molecule has 112 valence electrons. The standard InChI is InChI=1S/C15H18N2O2S2/c1-4-17(5-2)15(20)21-13-12(18)10-8-6-7-9-11(10)16(3)14(13)19/h6-9,18H,4-5H2,1-3H3. The summed E-state index contributed by atoms with van der Waals surface area (Å²) in [5.41, 5.74) is 0.476. The first-order chi connectivity index (χ1) is 10.0. The van der Waals surface area contributed by atoms with E-state index >= 15 is 0 Å². The number of para-hydroxylation sites is 1. The molecule has 1 aromatic carbocycles. The normalized spacial score (nSPS) is 10.8. The molecule has 2 rings (SSSR count). The van der Waals surface area contributed by atoms with Gasteiger partial charge in [-0.3, -0.25) is 4.79 Å². The van der Waals surface area contributed by atoms with E-state index in [4.69, 9.17) is 12.2 Å². The zero-order valence-electron chi connectivity index (χ0n) is 12.3. The van der Waals surface area contributed by atoms with Crippen molar-refractivity contribution in [3.63, 3.8) is 0 Å². The SMILES string of the molecule is CCN(CC)C(=S)Sc1c(O)c2ccccc2n(C)c1=O. The highest BCUT2D eigenvalue weighted by atomic mass is 32.2. The molecule has 0 amide bonds. The highest BCUT2D eigenvalue weighted by Gasteiger charge is 2.18. The molecular weight excluding hydrogens is 304 g/mol. The molecule has 4 nitrogen and oxygen atoms in total. The van der Waals surface area contributed by atoms with Crippen molar-refractivity contribution in [3.8, 4) is 5.75 Å². The fourth-order valence-electron chi connectivity index (χ4n) is 2.18. The molecule has 1 heterocycles. The molecule has 0 spiro atoms. The van der Waals surface area contributed by atoms with Gasteiger partial charge in [-0.1, -0.05) is 36.1 Å². The Balaban J connectivity index is 2.55. The summed E-state index contributed by atoms with van der Waals surface area (Å²) in [6.07, 6.45) is 0. The van der Waals surface area contributed by atoms with E-state index in [1.54, 1.807) is 17.7 Å². The van der Waals surface area contributed by atoms with Crippen LogP contribution in [0.15, 0.2) is 34.0 Å². The molecule has 0 aliphatic rings. The van der Waals surface area contributed by atoms with E-state index in [-0.39, 0.29) is 16.2 Å². The summed E-state index contributed by atoms with van der Waals surface area (Å²) in [4.78, 5) is 14.7. The Bertz CT molecular complexity index is 736. The van der Waals surface area contributed by atoms with Gasteiger partial charge in [0.1, 0.15) is 15.0 Å². The molecule has 0 bridgehead atoms. The zero-order valence-corrected chi connectivity index (χ0v) is 13.9. The fourth-order valence-corrected chi connectivity index (χ4v) is 3.68. The molecular formula is C15H18N2O2S2. The average molecular weight is 322 g/mol. The van der Waals surface area contributed by atoms with Crippen molar-refractivity contribution >= 4 is 39.2 Å². The smallest absolute Gasteiger partial charge is 0.268 e. The molecule has 0 radical (unpaired) electrons. The van der Waals surface area contributed by atoms with Gasteiger partial charge >= 0.3 is 0 Å². The molecule has 2 aromatic rings. The summed E-state index contributed by atoms with van der Waals surface area (Å²) < 4.78 is 2.14. The van der Waals surface area contributed by atoms with Gasteiger partial charge in [-0.25, -0.2) is 0 Å². The van der Waals surface area contributed by atoms with Crippen LogP contribution in [0.2, 0.25) is 0 Å². The highest BCUT2D eigenvalue weighted by molar-refractivity contribution is 8.23. The van der Waals surface area contributed by atoms with Crippen molar-refractivity contribution in [1.82, 2.24) is 9.47 Å². The lowest BCUT2D eigenvalue weighted by atomic mass is 10.2. The highest BCUT2D eigenvalue weighted by Crippen LogP contribution is 2.33. The number of aryl methyl sites for hydroxylation is 1. The lowest BCUT2D eigenvalue weighted by Gasteiger charge is -2.21. The van der Waals surface area contributed by atoms with Gasteiger partial charge in [-0.15, -0.1) is 0 Å². The van der Waals surface area contributed by atoms with E-state index in [1.807, 2.05) is 36.9 Å². The first kappa shape index (κ1) is 15.9. The van der Waals surface area contributed by atoms with Crippen molar-refractivity contribution in [3.05, 3.63) is 34.6 Å². The third-order valence-electron chi connectivity index (χ3n) is 3.45. The number of benzene rings is 1. The molecule has 0 unspecified atom stereocenters. The number of thioether (sulfide) groups is 1. The maximum atomic E-state index is 12.4. The molecule has 1 aromatic heterocycles. The van der Waals surface area contributed by atoms with Crippen molar-refractivity contribution in [2.45, 2.75) is 18.7 Å². The van der Waals surface area contributed by atoms with E-state index in [2.05, 4.69) is 0 Å². The number of rotatable bonds is 3. The van der Waals surface area contributed by atoms with Crippen LogP contribution in [0.1, 0.15) is 13.8 Å². The Morgan fingerprint density at radius 3 is 2.57 bits per heavy atom. The zero-order chi connectivity index (χ0) is 15.6. The van der Waals surface area contributed by atoms with E-state index < -0.39 is 0 Å². The molecule has 0 fully saturated rings. The second kappa shape index (κ2) is 6.49. The number of hydrogen-bond donors (Lipinski definition) is 1. The fraction of sp³-hybridized carbons (Fsp3) is 0.333. The minimum atomic E-state index is -0.231. The number of thiocarbonyl (C=S) groups is 1. The molecule has 0 saturated carbocycles. The predicted molar refractivity (Wildman–Crippen MR) is 92.2 cm³/mol. The minimum Gasteiger partial charge on any atom is -0.506 e. The van der Waals surface area contributed by atoms with Gasteiger partial charge in [0, 0.05) is 25.5 Å². The summed E-state index contributed by atoms with van der Waals surface area (Å²) in [5, 5.41) is 11.1. The second-order valence-electron chi connectivity index (χ2n) is 4.60. The van der Waals surface area contributed by atoms with Crippen LogP contribution in [-0.4, -0.2) is 32.0 Å². The largest absolute Gasteiger partial charge is 0.506 e. The first-order valence-corrected chi connectivity index (χ1v) is 8.01. The number of hydrogen-bond acceptors (Lipinski definition) is 4. The van der Waals surface area contributed by atoms with Gasteiger partial charge in [-0.05, 0) is 26.0 Å². The molecule has 6 heteroatoms. The Morgan fingerprint density at radius 1 is 1.33 bits per heavy atom. The van der Waals surface area contributed by atoms with Crippen LogP contribution in [0.5, 0.6) is 5.75 Å². The Hall–Kier alpha value is -1.53. The number of aromatic nitrogens is 1. The maximum Gasteiger partial charge on any atom is 0.268 e. The van der Waals surface area contributed by atoms with Crippen LogP contribution >= 0.6 is 24.0 Å². The topological polar surface area (TPSA) is 45.5 Å². The van der Waals surface area contributed by atoms with E-state index in [1.165, 1.54) is 0 Å². The van der Waals surface area contributed by atoms with E-state index in [0.717, 1.165) is 24.9 Å². The Labute approximate surface area is 133 Å². The van der Waals surface area contributed by atoms with Crippen molar-refractivity contribution < 1.29 is 5.11 Å². The van der Waals surface area contributed by atoms with Crippen molar-refractivity contribution in [2.75, 3.05) is 13.1 Å². The van der Waals surface area contributed by atoms with E-state index in [0.29, 0.717) is 15.2 Å². The number of nitrogens with zero attached hydrogens (tertiary/aromatic N) is 2. The summed E-state index contributed by atoms with van der Waals surface area (Å²) >= 11 is 6.53. The minimum absolute atomic E-state index is 0.00760. The number of pyridine rings is 1. The van der Waals surface area contributed by atoms with Gasteiger partial charge < -0.3 is 14.6 Å². The summed E-state index contributed by atoms with van der Waals surface area (Å²) in [6, 6.07) is 7.29. The first-order valence-electron chi connectivity index (χ1n) is 6.78. The predicted octanol–water partition coefficient (Wildman–Crippen LogP) is 2.96. The number of aromatic hydroxyl groups is 1. The molecule has 21 heavy (non-hydrogen) atoms. The monoisotopic (exact) mass is 322 g/mol. The van der Waals surface area contributed by atoms with Crippen LogP contribution in [0.4, 0.5) is 0 Å². The number of fused-ring (bicyclic) bond motifs is 1. The Morgan fingerprint density at radius 2 is 1.95 bits per heavy atom. The summed E-state index contributed by atoms with van der Waals surface area (Å²) in [5.74, 6) is 0.00760. The van der Waals surface area contributed by atoms with Crippen molar-refractivity contribution in [2.24, 2.45) is 7.05 Å². The molecule has 0 atom stereocenters. The van der Waals surface area contributed by atoms with Gasteiger partial charge in [0.25, 0.3) is 5.56 Å². The summed E-state index contributed by atoms with van der Waals surface area (Å²) in [6.45, 7) is 5.57. The lowest BCUT2D eigenvalue weighted by Crippen LogP contribution is -2.28. The summed E-state index contributed by atoms with van der Waals surface area (Å²) in [7, 11) is 1.70. The van der Waals surface area contributed by atoms with Crippen molar-refractivity contribution in [1.29, 1.82) is 0 Å². The molecule has 0 aliphatic heterocycles. The van der Waals surface area contributed by atoms with Gasteiger partial charge in [-0.2, -0.15) is 0 Å². The van der Waals surface area contributed by atoms with Crippen LogP contribution in [-0.2, 0) is 7.05 Å². The Kier molecular flexibility index (Phi) is 4.90. The van der Waals surface area contributed by atoms with Crippen LogP contribution in [0, 0.1) is 0 Å².